The Kier molecular flexibility index (Phi) is 5.25. The molecule has 2 heteroatoms. The van der Waals surface area contributed by atoms with E-state index in [9.17, 15) is 0 Å². The molecule has 0 aromatic rings. The number of unbranched alkanes of at least 4 members (excludes halogenated alkanes) is 1. The fourth-order valence-electron chi connectivity index (χ4n) is 4.00. The highest BCUT2D eigenvalue weighted by Crippen LogP contribution is 2.40. The van der Waals surface area contributed by atoms with Crippen LogP contribution in [0.1, 0.15) is 64.2 Å². The molecule has 2 rings (SSSR count). The van der Waals surface area contributed by atoms with Gasteiger partial charge in [0, 0.05) is 11.6 Å². The molecule has 104 valence electrons. The minimum atomic E-state index is 0.349. The molecule has 1 saturated carbocycles. The van der Waals surface area contributed by atoms with E-state index in [1.54, 1.807) is 0 Å². The third-order valence-electron chi connectivity index (χ3n) is 5.07. The second-order valence-electron chi connectivity index (χ2n) is 6.18. The van der Waals surface area contributed by atoms with Gasteiger partial charge in [0.05, 0.1) is 0 Å². The molecule has 1 unspecified atom stereocenters. The number of hydrogen-bond acceptors (Lipinski definition) is 2. The van der Waals surface area contributed by atoms with Crippen LogP contribution in [0.4, 0.5) is 0 Å². The second-order valence-corrected chi connectivity index (χ2v) is 6.18. The maximum absolute atomic E-state index is 6.61. The summed E-state index contributed by atoms with van der Waals surface area (Å²) >= 11 is 0. The predicted octanol–water partition coefficient (Wildman–Crippen LogP) is 3.47. The van der Waals surface area contributed by atoms with Gasteiger partial charge in [-0.15, -0.1) is 6.58 Å². The standard InChI is InChI=1S/C16H30N2/c1-2-3-5-10-15(17)16(11-6-7-12-16)18-13-8-4-9-14-18/h2,15H,1,3-14,17H2. The van der Waals surface area contributed by atoms with Crippen LogP contribution >= 0.6 is 0 Å². The summed E-state index contributed by atoms with van der Waals surface area (Å²) in [5.74, 6) is 0. The summed E-state index contributed by atoms with van der Waals surface area (Å²) in [5.41, 5.74) is 6.96. The molecular weight excluding hydrogens is 220 g/mol. The monoisotopic (exact) mass is 250 g/mol. The molecule has 1 aliphatic carbocycles. The van der Waals surface area contributed by atoms with Crippen molar-refractivity contribution >= 4 is 0 Å². The molecular formula is C16H30N2. The van der Waals surface area contributed by atoms with Gasteiger partial charge in [0.15, 0.2) is 0 Å². The topological polar surface area (TPSA) is 29.3 Å². The Balaban J connectivity index is 1.98. The van der Waals surface area contributed by atoms with E-state index in [4.69, 9.17) is 5.73 Å². The van der Waals surface area contributed by atoms with E-state index in [1.807, 2.05) is 6.08 Å². The molecule has 2 aliphatic rings. The Morgan fingerprint density at radius 1 is 1.11 bits per heavy atom. The number of hydrogen-bond donors (Lipinski definition) is 1. The van der Waals surface area contributed by atoms with Crippen molar-refractivity contribution < 1.29 is 0 Å². The fourth-order valence-corrected chi connectivity index (χ4v) is 4.00. The first kappa shape index (κ1) is 14.1. The van der Waals surface area contributed by atoms with Crippen molar-refractivity contribution in [3.8, 4) is 0 Å². The number of likely N-dealkylation sites (tertiary alicyclic amines) is 1. The molecule has 18 heavy (non-hydrogen) atoms. The minimum absolute atomic E-state index is 0.349. The summed E-state index contributed by atoms with van der Waals surface area (Å²) in [7, 11) is 0. The summed E-state index contributed by atoms with van der Waals surface area (Å²) in [6, 6.07) is 0.373. The van der Waals surface area contributed by atoms with Crippen LogP contribution in [0.3, 0.4) is 0 Å². The van der Waals surface area contributed by atoms with Crippen LogP contribution in [0.25, 0.3) is 0 Å². The van der Waals surface area contributed by atoms with Gasteiger partial charge in [-0.1, -0.05) is 25.3 Å². The predicted molar refractivity (Wildman–Crippen MR) is 78.6 cm³/mol. The molecule has 0 amide bonds. The van der Waals surface area contributed by atoms with Gasteiger partial charge in [0.2, 0.25) is 0 Å². The Labute approximate surface area is 113 Å². The summed E-state index contributed by atoms with van der Waals surface area (Å²) in [6.07, 6.45) is 15.1. The lowest BCUT2D eigenvalue weighted by molar-refractivity contribution is 0.0453. The summed E-state index contributed by atoms with van der Waals surface area (Å²) in [4.78, 5) is 2.75. The van der Waals surface area contributed by atoms with Gasteiger partial charge in [0.1, 0.15) is 0 Å². The van der Waals surface area contributed by atoms with E-state index in [2.05, 4.69) is 11.5 Å². The molecule has 2 fully saturated rings. The Morgan fingerprint density at radius 3 is 2.39 bits per heavy atom. The molecule has 0 aromatic carbocycles. The van der Waals surface area contributed by atoms with Gasteiger partial charge < -0.3 is 5.73 Å². The molecule has 0 aromatic heterocycles. The van der Waals surface area contributed by atoms with Crippen molar-refractivity contribution in [3.63, 3.8) is 0 Å². The van der Waals surface area contributed by atoms with Crippen LogP contribution in [-0.4, -0.2) is 29.6 Å². The van der Waals surface area contributed by atoms with Crippen LogP contribution in [0.2, 0.25) is 0 Å². The highest BCUT2D eigenvalue weighted by atomic mass is 15.2. The largest absolute Gasteiger partial charge is 0.326 e. The SMILES string of the molecule is C=CCCCC(N)C1(N2CCCCC2)CCCC1. The van der Waals surface area contributed by atoms with Crippen molar-refractivity contribution in [1.29, 1.82) is 0 Å². The maximum atomic E-state index is 6.61. The summed E-state index contributed by atoms with van der Waals surface area (Å²) < 4.78 is 0. The molecule has 2 nitrogen and oxygen atoms in total. The Bertz CT molecular complexity index is 250. The number of nitrogens with two attached hydrogens (primary N) is 1. The molecule has 0 spiro atoms. The average Bonchev–Trinajstić information content (AvgIpc) is 2.90. The van der Waals surface area contributed by atoms with E-state index < -0.39 is 0 Å². The normalized spacial score (nSPS) is 26.1. The van der Waals surface area contributed by atoms with E-state index in [1.165, 1.54) is 70.9 Å². The van der Waals surface area contributed by atoms with Crippen molar-refractivity contribution in [1.82, 2.24) is 4.90 Å². The van der Waals surface area contributed by atoms with E-state index in [0.717, 1.165) is 6.42 Å². The van der Waals surface area contributed by atoms with Crippen molar-refractivity contribution in [2.24, 2.45) is 5.73 Å². The Morgan fingerprint density at radius 2 is 1.78 bits per heavy atom. The molecule has 1 heterocycles. The van der Waals surface area contributed by atoms with E-state index in [-0.39, 0.29) is 0 Å². The molecule has 1 atom stereocenters. The number of nitrogens with zero attached hydrogens (tertiary/aromatic N) is 1. The first-order valence-corrected chi connectivity index (χ1v) is 7.91. The van der Waals surface area contributed by atoms with Crippen molar-refractivity contribution in [3.05, 3.63) is 12.7 Å². The lowest BCUT2D eigenvalue weighted by Gasteiger charge is -2.47. The third-order valence-corrected chi connectivity index (χ3v) is 5.07. The molecule has 1 aliphatic heterocycles. The van der Waals surface area contributed by atoms with Gasteiger partial charge in [-0.3, -0.25) is 4.90 Å². The minimum Gasteiger partial charge on any atom is -0.326 e. The first-order chi connectivity index (χ1) is 8.79. The van der Waals surface area contributed by atoms with Gasteiger partial charge in [-0.25, -0.2) is 0 Å². The first-order valence-electron chi connectivity index (χ1n) is 7.91. The smallest absolute Gasteiger partial charge is 0.0360 e. The molecule has 1 saturated heterocycles. The third kappa shape index (κ3) is 2.97. The van der Waals surface area contributed by atoms with Crippen molar-refractivity contribution in [2.45, 2.75) is 75.8 Å². The van der Waals surface area contributed by atoms with Crippen LogP contribution in [0, 0.1) is 0 Å². The molecule has 0 radical (unpaired) electrons. The van der Waals surface area contributed by atoms with Crippen LogP contribution < -0.4 is 5.73 Å². The fraction of sp³-hybridized carbons (Fsp3) is 0.875. The van der Waals surface area contributed by atoms with Gasteiger partial charge >= 0.3 is 0 Å². The zero-order valence-corrected chi connectivity index (χ0v) is 11.9. The van der Waals surface area contributed by atoms with Crippen LogP contribution in [0.5, 0.6) is 0 Å². The van der Waals surface area contributed by atoms with Crippen LogP contribution in [-0.2, 0) is 0 Å². The van der Waals surface area contributed by atoms with Gasteiger partial charge in [0.25, 0.3) is 0 Å². The Hall–Kier alpha value is -0.340. The number of allylic oxidation sites excluding steroid dienone is 1. The summed E-state index contributed by atoms with van der Waals surface area (Å²) in [5, 5.41) is 0. The zero-order chi connectivity index (χ0) is 12.8. The van der Waals surface area contributed by atoms with Crippen molar-refractivity contribution in [2.75, 3.05) is 13.1 Å². The zero-order valence-electron chi connectivity index (χ0n) is 11.9. The average molecular weight is 250 g/mol. The van der Waals surface area contributed by atoms with Gasteiger partial charge in [-0.2, -0.15) is 0 Å². The van der Waals surface area contributed by atoms with E-state index >= 15 is 0 Å². The van der Waals surface area contributed by atoms with Gasteiger partial charge in [-0.05, 0) is 58.0 Å². The quantitative estimate of drug-likeness (QED) is 0.578. The lowest BCUT2D eigenvalue weighted by Crippen LogP contribution is -2.59. The molecule has 0 bridgehead atoms. The number of piperidine rings is 1. The maximum Gasteiger partial charge on any atom is 0.0360 e. The van der Waals surface area contributed by atoms with Crippen LogP contribution in [0.15, 0.2) is 12.7 Å². The molecule has 2 N–H and O–H groups in total. The highest BCUT2D eigenvalue weighted by Gasteiger charge is 2.43. The second kappa shape index (κ2) is 6.72. The number of rotatable bonds is 6. The lowest BCUT2D eigenvalue weighted by atomic mass is 9.82. The summed E-state index contributed by atoms with van der Waals surface area (Å²) in [6.45, 7) is 6.38. The highest BCUT2D eigenvalue weighted by molar-refractivity contribution is 5.03. The van der Waals surface area contributed by atoms with E-state index in [0.29, 0.717) is 11.6 Å².